The maximum atomic E-state index is 12.6. The summed E-state index contributed by atoms with van der Waals surface area (Å²) in [6.45, 7) is 2.03. The Kier molecular flexibility index (Phi) is 3.43. The van der Waals surface area contributed by atoms with E-state index in [1.807, 2.05) is 6.92 Å². The fourth-order valence-corrected chi connectivity index (χ4v) is 2.17. The third kappa shape index (κ3) is 2.80. The molecule has 1 aliphatic rings. The van der Waals surface area contributed by atoms with Gasteiger partial charge in [0.15, 0.2) is 0 Å². The first-order valence-electron chi connectivity index (χ1n) is 5.83. The lowest BCUT2D eigenvalue weighted by Crippen LogP contribution is -2.08. The normalized spacial score (nSPS) is 25.2. The van der Waals surface area contributed by atoms with Crippen molar-refractivity contribution >= 4 is 0 Å². The van der Waals surface area contributed by atoms with E-state index in [0.717, 1.165) is 25.3 Å². The zero-order valence-corrected chi connectivity index (χ0v) is 9.63. The van der Waals surface area contributed by atoms with Crippen molar-refractivity contribution in [2.45, 2.75) is 44.6 Å². The first-order chi connectivity index (χ1) is 8.00. The van der Waals surface area contributed by atoms with Gasteiger partial charge in [0.1, 0.15) is 0 Å². The van der Waals surface area contributed by atoms with Crippen molar-refractivity contribution in [2.75, 3.05) is 0 Å². The molecule has 0 bridgehead atoms. The van der Waals surface area contributed by atoms with Crippen LogP contribution in [0.1, 0.15) is 43.4 Å². The predicted molar refractivity (Wildman–Crippen MR) is 58.6 cm³/mol. The highest BCUT2D eigenvalue weighted by Gasteiger charge is 2.32. The second-order valence-electron chi connectivity index (χ2n) is 4.36. The maximum absolute atomic E-state index is 12.6. The quantitative estimate of drug-likeness (QED) is 0.752. The molecule has 1 heterocycles. The summed E-state index contributed by atoms with van der Waals surface area (Å²) < 4.78 is 43.4. The Morgan fingerprint density at radius 2 is 2.06 bits per heavy atom. The molecule has 0 saturated carbocycles. The van der Waals surface area contributed by atoms with Crippen LogP contribution in [0, 0.1) is 0 Å². The van der Waals surface area contributed by atoms with Gasteiger partial charge in [0.2, 0.25) is 0 Å². The van der Waals surface area contributed by atoms with Crippen LogP contribution in [-0.2, 0) is 10.9 Å². The molecule has 1 saturated heterocycles. The molecule has 17 heavy (non-hydrogen) atoms. The Balaban J connectivity index is 2.17. The van der Waals surface area contributed by atoms with Crippen molar-refractivity contribution in [3.63, 3.8) is 0 Å². The number of benzene rings is 1. The Labute approximate surface area is 98.6 Å². The minimum Gasteiger partial charge on any atom is -0.370 e. The van der Waals surface area contributed by atoms with Crippen LogP contribution >= 0.6 is 0 Å². The van der Waals surface area contributed by atoms with E-state index in [1.54, 1.807) is 6.07 Å². The molecule has 2 rings (SSSR count). The summed E-state index contributed by atoms with van der Waals surface area (Å²) in [7, 11) is 0. The lowest BCUT2D eigenvalue weighted by Gasteiger charge is -2.14. The first-order valence-corrected chi connectivity index (χ1v) is 5.83. The van der Waals surface area contributed by atoms with Crippen LogP contribution < -0.4 is 0 Å². The molecule has 0 aromatic heterocycles. The zero-order valence-electron chi connectivity index (χ0n) is 9.63. The molecule has 2 unspecified atom stereocenters. The number of ether oxygens (including phenoxy) is 1. The van der Waals surface area contributed by atoms with E-state index in [2.05, 4.69) is 0 Å². The Hall–Kier alpha value is -1.03. The van der Waals surface area contributed by atoms with E-state index in [0.29, 0.717) is 5.56 Å². The van der Waals surface area contributed by atoms with E-state index in [9.17, 15) is 13.2 Å². The molecule has 4 heteroatoms. The van der Waals surface area contributed by atoms with Crippen molar-refractivity contribution in [1.29, 1.82) is 0 Å². The Bertz CT molecular complexity index is 386. The summed E-state index contributed by atoms with van der Waals surface area (Å²) >= 11 is 0. The smallest absolute Gasteiger partial charge is 0.370 e. The van der Waals surface area contributed by atoms with Crippen LogP contribution in [0.15, 0.2) is 24.3 Å². The Morgan fingerprint density at radius 3 is 2.65 bits per heavy atom. The van der Waals surface area contributed by atoms with E-state index in [4.69, 9.17) is 4.74 Å². The number of halogens is 3. The van der Waals surface area contributed by atoms with E-state index in [-0.39, 0.29) is 12.2 Å². The van der Waals surface area contributed by atoms with Gasteiger partial charge in [-0.3, -0.25) is 0 Å². The van der Waals surface area contributed by atoms with Crippen LogP contribution in [0.4, 0.5) is 13.2 Å². The monoisotopic (exact) mass is 244 g/mol. The van der Waals surface area contributed by atoms with Crippen LogP contribution in [0.3, 0.4) is 0 Å². The van der Waals surface area contributed by atoms with Gasteiger partial charge in [-0.05, 0) is 37.0 Å². The summed E-state index contributed by atoms with van der Waals surface area (Å²) in [5, 5.41) is 0. The second-order valence-corrected chi connectivity index (χ2v) is 4.36. The molecule has 0 amide bonds. The van der Waals surface area contributed by atoms with E-state index in [1.165, 1.54) is 12.1 Å². The number of hydrogen-bond donors (Lipinski definition) is 0. The van der Waals surface area contributed by atoms with Crippen molar-refractivity contribution in [3.8, 4) is 0 Å². The molecule has 0 N–H and O–H groups in total. The van der Waals surface area contributed by atoms with Crippen LogP contribution in [0.2, 0.25) is 0 Å². The molecule has 94 valence electrons. The van der Waals surface area contributed by atoms with Gasteiger partial charge in [0.05, 0.1) is 17.8 Å². The number of rotatable bonds is 2. The van der Waals surface area contributed by atoms with Gasteiger partial charge in [-0.1, -0.05) is 19.1 Å². The van der Waals surface area contributed by atoms with Crippen molar-refractivity contribution < 1.29 is 17.9 Å². The highest BCUT2D eigenvalue weighted by atomic mass is 19.4. The Morgan fingerprint density at radius 1 is 1.29 bits per heavy atom. The molecule has 2 atom stereocenters. The van der Waals surface area contributed by atoms with Crippen molar-refractivity contribution in [3.05, 3.63) is 35.4 Å². The summed E-state index contributed by atoms with van der Waals surface area (Å²) in [6.07, 6.45) is -1.62. The van der Waals surface area contributed by atoms with Gasteiger partial charge < -0.3 is 4.74 Å². The van der Waals surface area contributed by atoms with Crippen molar-refractivity contribution in [1.82, 2.24) is 0 Å². The molecule has 0 aliphatic carbocycles. The van der Waals surface area contributed by atoms with Crippen LogP contribution in [-0.4, -0.2) is 6.10 Å². The van der Waals surface area contributed by atoms with Gasteiger partial charge in [0, 0.05) is 0 Å². The maximum Gasteiger partial charge on any atom is 0.416 e. The third-order valence-corrected chi connectivity index (χ3v) is 3.15. The van der Waals surface area contributed by atoms with Crippen LogP contribution in [0.25, 0.3) is 0 Å². The van der Waals surface area contributed by atoms with Crippen molar-refractivity contribution in [2.24, 2.45) is 0 Å². The van der Waals surface area contributed by atoms with Gasteiger partial charge in [-0.15, -0.1) is 0 Å². The van der Waals surface area contributed by atoms with E-state index >= 15 is 0 Å². The predicted octanol–water partition coefficient (Wildman–Crippen LogP) is 4.34. The summed E-state index contributed by atoms with van der Waals surface area (Å²) in [6, 6.07) is 5.44. The molecule has 1 aliphatic heterocycles. The molecule has 1 fully saturated rings. The zero-order chi connectivity index (χ0) is 12.5. The van der Waals surface area contributed by atoms with Gasteiger partial charge in [0.25, 0.3) is 0 Å². The fourth-order valence-electron chi connectivity index (χ4n) is 2.17. The lowest BCUT2D eigenvalue weighted by molar-refractivity contribution is -0.137. The third-order valence-electron chi connectivity index (χ3n) is 3.15. The summed E-state index contributed by atoms with van der Waals surface area (Å²) in [5.74, 6) is 0. The average Bonchev–Trinajstić information content (AvgIpc) is 2.76. The summed E-state index contributed by atoms with van der Waals surface area (Å²) in [5.41, 5.74) is 0.0364. The average molecular weight is 244 g/mol. The SMILES string of the molecule is CCC1CCC(c2cccc(C(F)(F)F)c2)O1. The van der Waals surface area contributed by atoms with Gasteiger partial charge in [-0.25, -0.2) is 0 Å². The topological polar surface area (TPSA) is 9.23 Å². The summed E-state index contributed by atoms with van der Waals surface area (Å²) in [4.78, 5) is 0. The lowest BCUT2D eigenvalue weighted by atomic mass is 10.0. The molecular formula is C13H15F3O. The molecule has 0 radical (unpaired) electrons. The number of hydrogen-bond acceptors (Lipinski definition) is 1. The minimum absolute atomic E-state index is 0.178. The number of alkyl halides is 3. The first kappa shape index (κ1) is 12.4. The molecule has 1 aromatic carbocycles. The fraction of sp³-hybridized carbons (Fsp3) is 0.538. The second kappa shape index (κ2) is 4.69. The molecular weight excluding hydrogens is 229 g/mol. The highest BCUT2D eigenvalue weighted by Crippen LogP contribution is 2.36. The van der Waals surface area contributed by atoms with Crippen LogP contribution in [0.5, 0.6) is 0 Å². The van der Waals surface area contributed by atoms with Gasteiger partial charge in [-0.2, -0.15) is 13.2 Å². The standard InChI is InChI=1S/C13H15F3O/c1-2-11-6-7-12(17-11)9-4-3-5-10(8-9)13(14,15)16/h3-5,8,11-12H,2,6-7H2,1H3. The highest BCUT2D eigenvalue weighted by molar-refractivity contribution is 5.27. The minimum atomic E-state index is -4.28. The largest absolute Gasteiger partial charge is 0.416 e. The van der Waals surface area contributed by atoms with E-state index < -0.39 is 11.7 Å². The molecule has 1 aromatic rings. The van der Waals surface area contributed by atoms with Gasteiger partial charge >= 0.3 is 6.18 Å². The molecule has 0 spiro atoms. The molecule has 1 nitrogen and oxygen atoms in total.